The zero-order chi connectivity index (χ0) is 18.1. The molecule has 2 unspecified atom stereocenters. The number of thiophene rings is 1. The van der Waals surface area contributed by atoms with Crippen molar-refractivity contribution in [3.05, 3.63) is 39.3 Å². The fourth-order valence-electron chi connectivity index (χ4n) is 4.41. The number of aromatic nitrogens is 2. The standard InChI is InChI=1S/C20H29N3OS2/c1-15-11-20(19-18(4-8-24-20)10-16(2)26-19)5-6-22(15)13-17-12-21-23(14-17)7-9-25-3/h10,12,14-15H,4-9,11,13H2,1-3H3. The highest BCUT2D eigenvalue weighted by atomic mass is 32.2. The molecule has 2 aromatic heterocycles. The smallest absolute Gasteiger partial charge is 0.105 e. The predicted molar refractivity (Wildman–Crippen MR) is 110 cm³/mol. The summed E-state index contributed by atoms with van der Waals surface area (Å²) in [6.07, 6.45) is 9.67. The van der Waals surface area contributed by atoms with E-state index in [1.165, 1.54) is 20.9 Å². The van der Waals surface area contributed by atoms with Crippen LogP contribution in [-0.4, -0.2) is 45.9 Å². The molecule has 4 rings (SSSR count). The summed E-state index contributed by atoms with van der Waals surface area (Å²) in [5.74, 6) is 1.11. The van der Waals surface area contributed by atoms with Crippen LogP contribution in [0.5, 0.6) is 0 Å². The Morgan fingerprint density at radius 3 is 3.15 bits per heavy atom. The van der Waals surface area contributed by atoms with E-state index < -0.39 is 0 Å². The summed E-state index contributed by atoms with van der Waals surface area (Å²) in [6.45, 7) is 8.54. The van der Waals surface area contributed by atoms with Gasteiger partial charge in [0.05, 0.1) is 12.8 Å². The van der Waals surface area contributed by atoms with Gasteiger partial charge in [0.25, 0.3) is 0 Å². The molecule has 2 atom stereocenters. The Morgan fingerprint density at radius 1 is 1.46 bits per heavy atom. The SMILES string of the molecule is CSCCn1cc(CN2CCC3(CC2C)OCCc2cc(C)sc23)cn1. The van der Waals surface area contributed by atoms with Crippen molar-refractivity contribution in [2.75, 3.05) is 25.2 Å². The summed E-state index contributed by atoms with van der Waals surface area (Å²) in [5.41, 5.74) is 2.82. The van der Waals surface area contributed by atoms with Crippen LogP contribution in [-0.2, 0) is 29.8 Å². The van der Waals surface area contributed by atoms with Crippen molar-refractivity contribution < 1.29 is 4.74 Å². The third-order valence-corrected chi connectivity index (χ3v) is 7.61. The summed E-state index contributed by atoms with van der Waals surface area (Å²) < 4.78 is 8.50. The molecule has 2 aromatic rings. The Hall–Kier alpha value is -0.820. The van der Waals surface area contributed by atoms with E-state index in [9.17, 15) is 0 Å². The molecule has 6 heteroatoms. The molecule has 0 radical (unpaired) electrons. The van der Waals surface area contributed by atoms with Gasteiger partial charge in [0.15, 0.2) is 0 Å². The molecule has 0 N–H and O–H groups in total. The maximum absolute atomic E-state index is 6.43. The third-order valence-electron chi connectivity index (χ3n) is 5.74. The van der Waals surface area contributed by atoms with Crippen LogP contribution in [0.2, 0.25) is 0 Å². The Labute approximate surface area is 164 Å². The molecule has 0 bridgehead atoms. The maximum Gasteiger partial charge on any atom is 0.105 e. The van der Waals surface area contributed by atoms with Gasteiger partial charge in [0.1, 0.15) is 5.60 Å². The Kier molecular flexibility index (Phi) is 5.46. The fraction of sp³-hybridized carbons (Fsp3) is 0.650. The molecule has 1 saturated heterocycles. The van der Waals surface area contributed by atoms with Gasteiger partial charge in [-0.3, -0.25) is 9.58 Å². The first-order chi connectivity index (χ1) is 12.6. The largest absolute Gasteiger partial charge is 0.369 e. The van der Waals surface area contributed by atoms with Crippen molar-refractivity contribution >= 4 is 23.1 Å². The molecule has 4 heterocycles. The van der Waals surface area contributed by atoms with Crippen LogP contribution in [0.15, 0.2) is 18.5 Å². The Morgan fingerprint density at radius 2 is 2.35 bits per heavy atom. The number of rotatable bonds is 5. The lowest BCUT2D eigenvalue weighted by molar-refractivity contribution is -0.110. The highest BCUT2D eigenvalue weighted by Crippen LogP contribution is 2.47. The van der Waals surface area contributed by atoms with Crippen LogP contribution in [0.1, 0.15) is 40.6 Å². The van der Waals surface area contributed by atoms with Gasteiger partial charge in [-0.25, -0.2) is 0 Å². The molecule has 1 spiro atoms. The molecule has 26 heavy (non-hydrogen) atoms. The number of hydrogen-bond acceptors (Lipinski definition) is 5. The zero-order valence-electron chi connectivity index (χ0n) is 16.0. The predicted octanol–water partition coefficient (Wildman–Crippen LogP) is 4.07. The average Bonchev–Trinajstić information content (AvgIpc) is 3.22. The van der Waals surface area contributed by atoms with Gasteiger partial charge in [-0.1, -0.05) is 0 Å². The van der Waals surface area contributed by atoms with Crippen molar-refractivity contribution in [1.29, 1.82) is 0 Å². The van der Waals surface area contributed by atoms with Crippen LogP contribution in [0.3, 0.4) is 0 Å². The van der Waals surface area contributed by atoms with E-state index in [1.807, 2.05) is 29.3 Å². The van der Waals surface area contributed by atoms with Crippen LogP contribution in [0.4, 0.5) is 0 Å². The van der Waals surface area contributed by atoms with Gasteiger partial charge in [-0.15, -0.1) is 11.3 Å². The van der Waals surface area contributed by atoms with Gasteiger partial charge in [0.2, 0.25) is 0 Å². The quantitative estimate of drug-likeness (QED) is 0.769. The first kappa shape index (κ1) is 18.5. The van der Waals surface area contributed by atoms with E-state index in [1.54, 1.807) is 0 Å². The van der Waals surface area contributed by atoms with E-state index in [-0.39, 0.29) is 5.60 Å². The number of piperidine rings is 1. The molecule has 0 aromatic carbocycles. The zero-order valence-corrected chi connectivity index (χ0v) is 17.7. The third kappa shape index (κ3) is 3.61. The molecule has 0 amide bonds. The van der Waals surface area contributed by atoms with Crippen molar-refractivity contribution in [3.8, 4) is 0 Å². The number of aryl methyl sites for hydroxylation is 2. The van der Waals surface area contributed by atoms with Crippen LogP contribution < -0.4 is 0 Å². The Bertz CT molecular complexity index is 756. The van der Waals surface area contributed by atoms with E-state index in [4.69, 9.17) is 4.74 Å². The van der Waals surface area contributed by atoms with Crippen molar-refractivity contribution in [2.24, 2.45) is 0 Å². The number of likely N-dealkylation sites (tertiary alicyclic amines) is 1. The number of ether oxygens (including phenoxy) is 1. The highest BCUT2D eigenvalue weighted by molar-refractivity contribution is 7.98. The second-order valence-electron chi connectivity index (χ2n) is 7.68. The lowest BCUT2D eigenvalue weighted by Crippen LogP contribution is -2.49. The normalized spacial score (nSPS) is 26.3. The molecule has 142 valence electrons. The van der Waals surface area contributed by atoms with Gasteiger partial charge in [0, 0.05) is 52.9 Å². The first-order valence-corrected chi connectivity index (χ1v) is 11.8. The summed E-state index contributed by atoms with van der Waals surface area (Å²) in [7, 11) is 0. The topological polar surface area (TPSA) is 30.3 Å². The molecule has 1 fully saturated rings. The van der Waals surface area contributed by atoms with Gasteiger partial charge in [-0.05, 0) is 51.0 Å². The van der Waals surface area contributed by atoms with Crippen LogP contribution in [0, 0.1) is 6.92 Å². The number of hydrogen-bond donors (Lipinski definition) is 0. The second-order valence-corrected chi connectivity index (χ2v) is 9.92. The molecule has 4 nitrogen and oxygen atoms in total. The minimum atomic E-state index is -0.0367. The molecule has 0 saturated carbocycles. The van der Waals surface area contributed by atoms with Crippen LogP contribution >= 0.6 is 23.1 Å². The number of fused-ring (bicyclic) bond motifs is 2. The summed E-state index contributed by atoms with van der Waals surface area (Å²) >= 11 is 3.82. The highest BCUT2D eigenvalue weighted by Gasteiger charge is 2.44. The molecular weight excluding hydrogens is 362 g/mol. The second kappa shape index (κ2) is 7.66. The monoisotopic (exact) mass is 391 g/mol. The molecule has 2 aliphatic heterocycles. The summed E-state index contributed by atoms with van der Waals surface area (Å²) in [4.78, 5) is 5.53. The minimum absolute atomic E-state index is 0.0367. The summed E-state index contributed by atoms with van der Waals surface area (Å²) in [5, 5.41) is 4.51. The van der Waals surface area contributed by atoms with E-state index in [2.05, 4.69) is 47.0 Å². The van der Waals surface area contributed by atoms with Crippen LogP contribution in [0.25, 0.3) is 0 Å². The van der Waals surface area contributed by atoms with Gasteiger partial charge >= 0.3 is 0 Å². The summed E-state index contributed by atoms with van der Waals surface area (Å²) in [6, 6.07) is 2.90. The molecular formula is C20H29N3OS2. The Balaban J connectivity index is 1.43. The average molecular weight is 392 g/mol. The molecule has 0 aliphatic carbocycles. The number of nitrogens with zero attached hydrogens (tertiary/aromatic N) is 3. The van der Waals surface area contributed by atoms with Crippen molar-refractivity contribution in [2.45, 2.75) is 57.8 Å². The van der Waals surface area contributed by atoms with E-state index >= 15 is 0 Å². The van der Waals surface area contributed by atoms with E-state index in [0.717, 1.165) is 51.3 Å². The van der Waals surface area contributed by atoms with E-state index in [0.29, 0.717) is 6.04 Å². The minimum Gasteiger partial charge on any atom is -0.369 e. The lowest BCUT2D eigenvalue weighted by Gasteiger charge is -2.47. The number of thioether (sulfide) groups is 1. The van der Waals surface area contributed by atoms with Gasteiger partial charge in [-0.2, -0.15) is 16.9 Å². The van der Waals surface area contributed by atoms with Crippen molar-refractivity contribution in [1.82, 2.24) is 14.7 Å². The molecule has 2 aliphatic rings. The maximum atomic E-state index is 6.43. The fourth-order valence-corrected chi connectivity index (χ4v) is 6.03. The first-order valence-electron chi connectivity index (χ1n) is 9.58. The van der Waals surface area contributed by atoms with Gasteiger partial charge < -0.3 is 4.74 Å². The lowest BCUT2D eigenvalue weighted by atomic mass is 9.82. The van der Waals surface area contributed by atoms with Crippen molar-refractivity contribution in [3.63, 3.8) is 0 Å².